The van der Waals surface area contributed by atoms with Crippen molar-refractivity contribution in [1.82, 2.24) is 0 Å². The van der Waals surface area contributed by atoms with Crippen molar-refractivity contribution in [2.45, 2.75) is 19.3 Å². The number of methoxy groups -OCH3 is 2. The summed E-state index contributed by atoms with van der Waals surface area (Å²) in [7, 11) is 2.67. The molecule has 0 rings (SSSR count). The van der Waals surface area contributed by atoms with Crippen LogP contribution in [0.1, 0.15) is 19.3 Å². The van der Waals surface area contributed by atoms with Gasteiger partial charge in [-0.25, -0.2) is 0 Å². The first-order chi connectivity index (χ1) is 6.63. The average Bonchev–Trinajstić information content (AvgIpc) is 2.22. The number of rotatable bonds is 6. The Bertz CT molecular complexity index is 210. The van der Waals surface area contributed by atoms with Crippen molar-refractivity contribution in [3.63, 3.8) is 0 Å². The highest BCUT2D eigenvalue weighted by molar-refractivity contribution is 5.71. The van der Waals surface area contributed by atoms with Gasteiger partial charge in [0.1, 0.15) is 0 Å². The van der Waals surface area contributed by atoms with Crippen LogP contribution < -0.4 is 0 Å². The Morgan fingerprint density at radius 1 is 1.29 bits per heavy atom. The van der Waals surface area contributed by atoms with Gasteiger partial charge in [-0.05, 0) is 12.3 Å². The lowest BCUT2D eigenvalue weighted by atomic mass is 10.00. The van der Waals surface area contributed by atoms with Gasteiger partial charge in [0.15, 0.2) is 0 Å². The molecule has 0 amide bonds. The van der Waals surface area contributed by atoms with Gasteiger partial charge >= 0.3 is 11.9 Å². The Kier molecular flexibility index (Phi) is 6.45. The highest BCUT2D eigenvalue weighted by Gasteiger charge is 2.12. The summed E-state index contributed by atoms with van der Waals surface area (Å²) < 4.78 is 9.00. The molecule has 0 N–H and O–H groups in total. The number of esters is 2. The van der Waals surface area contributed by atoms with Gasteiger partial charge in [-0.1, -0.05) is 6.08 Å². The maximum Gasteiger partial charge on any atom is 0.306 e. The molecule has 0 bridgehead atoms. The highest BCUT2D eigenvalue weighted by Crippen LogP contribution is 2.13. The lowest BCUT2D eigenvalue weighted by Crippen LogP contribution is -2.10. The van der Waals surface area contributed by atoms with Crippen molar-refractivity contribution < 1.29 is 19.1 Å². The van der Waals surface area contributed by atoms with Crippen LogP contribution in [0.3, 0.4) is 0 Å². The van der Waals surface area contributed by atoms with Crippen molar-refractivity contribution in [1.29, 1.82) is 0 Å². The van der Waals surface area contributed by atoms with Crippen LogP contribution in [-0.2, 0) is 19.1 Å². The van der Waals surface area contributed by atoms with Gasteiger partial charge in [-0.15, -0.1) is 6.58 Å². The number of carbonyl (C=O) groups excluding carboxylic acids is 2. The maximum atomic E-state index is 10.9. The number of hydrogen-bond donors (Lipinski definition) is 0. The Hall–Kier alpha value is -1.32. The number of carbonyl (C=O) groups is 2. The van der Waals surface area contributed by atoms with Crippen molar-refractivity contribution >= 4 is 11.9 Å². The fraction of sp³-hybridized carbons (Fsp3) is 0.600. The summed E-state index contributed by atoms with van der Waals surface area (Å²) in [6.07, 6.45) is 2.77. The number of allylic oxidation sites excluding steroid dienone is 1. The van der Waals surface area contributed by atoms with Crippen molar-refractivity contribution in [3.8, 4) is 0 Å². The molecule has 0 radical (unpaired) electrons. The summed E-state index contributed by atoms with van der Waals surface area (Å²) in [4.78, 5) is 21.7. The van der Waals surface area contributed by atoms with Crippen LogP contribution in [0.2, 0.25) is 0 Å². The summed E-state index contributed by atoms with van der Waals surface area (Å²) >= 11 is 0. The molecule has 4 nitrogen and oxygen atoms in total. The minimum absolute atomic E-state index is 0.0263. The third-order valence-electron chi connectivity index (χ3n) is 1.94. The lowest BCUT2D eigenvalue weighted by Gasteiger charge is -2.09. The molecule has 14 heavy (non-hydrogen) atoms. The zero-order valence-corrected chi connectivity index (χ0v) is 8.62. The smallest absolute Gasteiger partial charge is 0.306 e. The predicted molar refractivity (Wildman–Crippen MR) is 51.6 cm³/mol. The molecule has 0 unspecified atom stereocenters. The van der Waals surface area contributed by atoms with E-state index in [1.165, 1.54) is 14.2 Å². The van der Waals surface area contributed by atoms with Gasteiger partial charge in [0.05, 0.1) is 20.6 Å². The van der Waals surface area contributed by atoms with Crippen LogP contribution in [0.25, 0.3) is 0 Å². The van der Waals surface area contributed by atoms with Crippen molar-refractivity contribution in [2.75, 3.05) is 14.2 Å². The van der Waals surface area contributed by atoms with E-state index in [1.807, 2.05) is 0 Å². The maximum absolute atomic E-state index is 10.9. The monoisotopic (exact) mass is 200 g/mol. The minimum Gasteiger partial charge on any atom is -0.469 e. The molecule has 0 fully saturated rings. The largest absolute Gasteiger partial charge is 0.469 e. The molecule has 0 aliphatic heterocycles. The second-order valence-corrected chi connectivity index (χ2v) is 2.89. The number of hydrogen-bond acceptors (Lipinski definition) is 4. The Balaban J connectivity index is 3.85. The van der Waals surface area contributed by atoms with Crippen LogP contribution in [0, 0.1) is 5.92 Å². The topological polar surface area (TPSA) is 52.6 Å². The van der Waals surface area contributed by atoms with E-state index in [-0.39, 0.29) is 24.3 Å². The van der Waals surface area contributed by atoms with E-state index in [0.29, 0.717) is 12.8 Å². The van der Waals surface area contributed by atoms with Crippen LogP contribution in [0.4, 0.5) is 0 Å². The van der Waals surface area contributed by atoms with Crippen LogP contribution in [-0.4, -0.2) is 26.2 Å². The van der Waals surface area contributed by atoms with E-state index in [1.54, 1.807) is 6.08 Å². The summed E-state index contributed by atoms with van der Waals surface area (Å²) in [5, 5.41) is 0. The molecule has 0 aliphatic rings. The van der Waals surface area contributed by atoms with Crippen LogP contribution in [0.5, 0.6) is 0 Å². The first kappa shape index (κ1) is 12.7. The Morgan fingerprint density at radius 2 is 1.86 bits per heavy atom. The molecule has 0 spiro atoms. The lowest BCUT2D eigenvalue weighted by molar-refractivity contribution is -0.143. The summed E-state index contributed by atoms with van der Waals surface area (Å²) in [6.45, 7) is 3.59. The van der Waals surface area contributed by atoms with Gasteiger partial charge in [0.2, 0.25) is 0 Å². The molecular formula is C10H16O4. The van der Waals surface area contributed by atoms with Gasteiger partial charge in [-0.3, -0.25) is 9.59 Å². The fourth-order valence-corrected chi connectivity index (χ4v) is 1.01. The normalized spacial score (nSPS) is 11.6. The third-order valence-corrected chi connectivity index (χ3v) is 1.94. The van der Waals surface area contributed by atoms with Crippen molar-refractivity contribution in [3.05, 3.63) is 12.7 Å². The molecule has 4 heteroatoms. The first-order valence-electron chi connectivity index (χ1n) is 4.40. The highest BCUT2D eigenvalue weighted by atomic mass is 16.5. The Morgan fingerprint density at radius 3 is 2.29 bits per heavy atom. The molecular weight excluding hydrogens is 184 g/mol. The zero-order valence-electron chi connectivity index (χ0n) is 8.62. The molecule has 0 saturated carbocycles. The van der Waals surface area contributed by atoms with E-state index < -0.39 is 0 Å². The minimum atomic E-state index is -0.292. The Labute approximate surface area is 83.9 Å². The molecule has 1 atom stereocenters. The second kappa shape index (κ2) is 7.12. The SMILES string of the molecule is C=C[C@H](CCC(=O)OC)CC(=O)OC. The third kappa shape index (κ3) is 5.35. The van der Waals surface area contributed by atoms with E-state index in [4.69, 9.17) is 0 Å². The average molecular weight is 200 g/mol. The van der Waals surface area contributed by atoms with Crippen LogP contribution >= 0.6 is 0 Å². The van der Waals surface area contributed by atoms with E-state index >= 15 is 0 Å². The fourth-order valence-electron chi connectivity index (χ4n) is 1.01. The summed E-state index contributed by atoms with van der Waals surface area (Å²) in [6, 6.07) is 0. The number of ether oxygens (including phenoxy) is 2. The zero-order chi connectivity index (χ0) is 11.0. The first-order valence-corrected chi connectivity index (χ1v) is 4.40. The molecule has 0 aliphatic carbocycles. The van der Waals surface area contributed by atoms with E-state index in [0.717, 1.165) is 0 Å². The van der Waals surface area contributed by atoms with E-state index in [2.05, 4.69) is 16.1 Å². The molecule has 80 valence electrons. The summed E-state index contributed by atoms with van der Waals surface area (Å²) in [5.74, 6) is -0.594. The molecule has 0 aromatic rings. The summed E-state index contributed by atoms with van der Waals surface area (Å²) in [5.41, 5.74) is 0. The molecule has 0 aromatic heterocycles. The van der Waals surface area contributed by atoms with E-state index in [9.17, 15) is 9.59 Å². The standard InChI is InChI=1S/C10H16O4/c1-4-8(7-10(12)14-3)5-6-9(11)13-2/h4,8H,1,5-7H2,2-3H3/t8-/m1/s1. The molecule has 0 saturated heterocycles. The van der Waals surface area contributed by atoms with Gasteiger partial charge in [0.25, 0.3) is 0 Å². The van der Waals surface area contributed by atoms with Crippen molar-refractivity contribution in [2.24, 2.45) is 5.92 Å². The van der Waals surface area contributed by atoms with Gasteiger partial charge < -0.3 is 9.47 Å². The predicted octanol–water partition coefficient (Wildman–Crippen LogP) is 1.30. The van der Waals surface area contributed by atoms with Crippen LogP contribution in [0.15, 0.2) is 12.7 Å². The van der Waals surface area contributed by atoms with Gasteiger partial charge in [0, 0.05) is 6.42 Å². The molecule has 0 heterocycles. The quantitative estimate of drug-likeness (QED) is 0.479. The molecule has 0 aromatic carbocycles. The second-order valence-electron chi connectivity index (χ2n) is 2.89. The van der Waals surface area contributed by atoms with Gasteiger partial charge in [-0.2, -0.15) is 0 Å².